The summed E-state index contributed by atoms with van der Waals surface area (Å²) in [5.74, 6) is 0.0419. The van der Waals surface area contributed by atoms with Gasteiger partial charge >= 0.3 is 5.97 Å². The predicted molar refractivity (Wildman–Crippen MR) is 71.3 cm³/mol. The molecule has 0 aliphatic carbocycles. The molecule has 18 heavy (non-hydrogen) atoms. The van der Waals surface area contributed by atoms with Crippen LogP contribution in [0.1, 0.15) is 34.6 Å². The lowest BCUT2D eigenvalue weighted by molar-refractivity contribution is -0.116. The van der Waals surface area contributed by atoms with Crippen LogP contribution >= 0.6 is 15.9 Å². The fraction of sp³-hybridized carbons (Fsp3) is 0.385. The SMILES string of the molecule is CCOC(=O)c1cc(OC)cc(C(Br)C(C)=O)c1. The number of Topliss-reactive ketones (excluding diaryl/α,β-unsaturated/α-hetero) is 1. The molecule has 0 fully saturated rings. The molecule has 98 valence electrons. The van der Waals surface area contributed by atoms with E-state index in [9.17, 15) is 9.59 Å². The van der Waals surface area contributed by atoms with Gasteiger partial charge in [-0.1, -0.05) is 15.9 Å². The normalized spacial score (nSPS) is 11.8. The van der Waals surface area contributed by atoms with Gasteiger partial charge in [-0.2, -0.15) is 0 Å². The van der Waals surface area contributed by atoms with Gasteiger partial charge < -0.3 is 9.47 Å². The molecule has 1 aromatic rings. The third-order valence-electron chi connectivity index (χ3n) is 2.33. The van der Waals surface area contributed by atoms with Gasteiger partial charge in [0.25, 0.3) is 0 Å². The summed E-state index contributed by atoms with van der Waals surface area (Å²) in [5.41, 5.74) is 1.04. The first-order chi connectivity index (χ1) is 8.49. The Bertz CT molecular complexity index is 456. The van der Waals surface area contributed by atoms with Gasteiger partial charge in [-0.25, -0.2) is 4.79 Å². The van der Waals surface area contributed by atoms with Crippen LogP contribution in [0.4, 0.5) is 0 Å². The highest BCUT2D eigenvalue weighted by Gasteiger charge is 2.17. The van der Waals surface area contributed by atoms with Crippen molar-refractivity contribution in [3.05, 3.63) is 29.3 Å². The number of hydrogen-bond donors (Lipinski definition) is 0. The zero-order valence-electron chi connectivity index (χ0n) is 10.5. The second kappa shape index (κ2) is 6.54. The van der Waals surface area contributed by atoms with Crippen molar-refractivity contribution in [3.63, 3.8) is 0 Å². The number of ether oxygens (including phenoxy) is 2. The van der Waals surface area contributed by atoms with Crippen LogP contribution in [0.3, 0.4) is 0 Å². The Morgan fingerprint density at radius 2 is 2.00 bits per heavy atom. The highest BCUT2D eigenvalue weighted by molar-refractivity contribution is 9.09. The van der Waals surface area contributed by atoms with Gasteiger partial charge in [0, 0.05) is 0 Å². The second-order valence-electron chi connectivity index (χ2n) is 3.69. The Labute approximate surface area is 114 Å². The zero-order valence-corrected chi connectivity index (χ0v) is 12.1. The highest BCUT2D eigenvalue weighted by atomic mass is 79.9. The third kappa shape index (κ3) is 3.57. The minimum absolute atomic E-state index is 0.0435. The standard InChI is InChI=1S/C13H15BrO4/c1-4-18-13(16)10-5-9(12(14)8(2)15)6-11(7-10)17-3/h5-7,12H,4H2,1-3H3. The van der Waals surface area contributed by atoms with Crippen molar-refractivity contribution in [1.82, 2.24) is 0 Å². The van der Waals surface area contributed by atoms with Crippen LogP contribution in [-0.4, -0.2) is 25.5 Å². The second-order valence-corrected chi connectivity index (χ2v) is 4.60. The number of rotatable bonds is 5. The van der Waals surface area contributed by atoms with Crippen LogP contribution in [0.5, 0.6) is 5.75 Å². The molecule has 0 saturated heterocycles. The molecule has 4 nitrogen and oxygen atoms in total. The van der Waals surface area contributed by atoms with E-state index in [0.717, 1.165) is 0 Å². The summed E-state index contributed by atoms with van der Waals surface area (Å²) in [5, 5.41) is 0. The molecular weight excluding hydrogens is 300 g/mol. The maximum Gasteiger partial charge on any atom is 0.338 e. The van der Waals surface area contributed by atoms with Gasteiger partial charge in [0.2, 0.25) is 0 Å². The highest BCUT2D eigenvalue weighted by Crippen LogP contribution is 2.28. The molecule has 1 atom stereocenters. The van der Waals surface area contributed by atoms with E-state index in [0.29, 0.717) is 23.5 Å². The molecule has 0 saturated carbocycles. The molecule has 0 bridgehead atoms. The smallest absolute Gasteiger partial charge is 0.338 e. The number of methoxy groups -OCH3 is 1. The number of carbonyl (C=O) groups excluding carboxylic acids is 2. The molecule has 1 aromatic carbocycles. The number of halogens is 1. The Morgan fingerprint density at radius 1 is 1.33 bits per heavy atom. The van der Waals surface area contributed by atoms with Crippen molar-refractivity contribution in [2.45, 2.75) is 18.7 Å². The first-order valence-corrected chi connectivity index (χ1v) is 6.41. The van der Waals surface area contributed by atoms with Gasteiger partial charge in [-0.15, -0.1) is 0 Å². The summed E-state index contributed by atoms with van der Waals surface area (Å²) in [6, 6.07) is 4.92. The van der Waals surface area contributed by atoms with Crippen LogP contribution in [-0.2, 0) is 9.53 Å². The molecule has 0 aromatic heterocycles. The van der Waals surface area contributed by atoms with Crippen LogP contribution < -0.4 is 4.74 Å². The summed E-state index contributed by atoms with van der Waals surface area (Å²) in [6.07, 6.45) is 0. The Kier molecular flexibility index (Phi) is 5.34. The van der Waals surface area contributed by atoms with Crippen molar-refractivity contribution < 1.29 is 19.1 Å². The molecule has 0 radical (unpaired) electrons. The molecule has 0 heterocycles. The first kappa shape index (κ1) is 14.7. The molecule has 5 heteroatoms. The van der Waals surface area contributed by atoms with Crippen molar-refractivity contribution >= 4 is 27.7 Å². The van der Waals surface area contributed by atoms with Crippen molar-refractivity contribution in [2.24, 2.45) is 0 Å². The summed E-state index contributed by atoms with van der Waals surface area (Å²) in [7, 11) is 1.51. The summed E-state index contributed by atoms with van der Waals surface area (Å²) < 4.78 is 10.0. The number of esters is 1. The average molecular weight is 315 g/mol. The zero-order chi connectivity index (χ0) is 13.7. The van der Waals surface area contributed by atoms with E-state index in [1.54, 1.807) is 25.1 Å². The fourth-order valence-electron chi connectivity index (χ4n) is 1.45. The minimum Gasteiger partial charge on any atom is -0.497 e. The van der Waals surface area contributed by atoms with E-state index in [1.165, 1.54) is 14.0 Å². The van der Waals surface area contributed by atoms with E-state index in [4.69, 9.17) is 9.47 Å². The molecule has 0 spiro atoms. The Morgan fingerprint density at radius 3 is 2.50 bits per heavy atom. The lowest BCUT2D eigenvalue weighted by Gasteiger charge is -2.11. The lowest BCUT2D eigenvalue weighted by Crippen LogP contribution is -2.08. The monoisotopic (exact) mass is 314 g/mol. The number of hydrogen-bond acceptors (Lipinski definition) is 4. The van der Waals surface area contributed by atoms with Gasteiger partial charge in [0.1, 0.15) is 11.5 Å². The van der Waals surface area contributed by atoms with E-state index in [-0.39, 0.29) is 5.78 Å². The predicted octanol–water partition coefficient (Wildman–Crippen LogP) is 2.90. The van der Waals surface area contributed by atoms with Crippen LogP contribution in [0.25, 0.3) is 0 Å². The van der Waals surface area contributed by atoms with Gasteiger partial charge in [0.15, 0.2) is 0 Å². The van der Waals surface area contributed by atoms with Crippen molar-refractivity contribution in [2.75, 3.05) is 13.7 Å². The number of alkyl halides is 1. The lowest BCUT2D eigenvalue weighted by atomic mass is 10.1. The molecule has 0 aliphatic rings. The van der Waals surface area contributed by atoms with E-state index in [2.05, 4.69) is 15.9 Å². The van der Waals surface area contributed by atoms with Gasteiger partial charge in [-0.3, -0.25) is 4.79 Å². The number of carbonyl (C=O) groups is 2. The molecule has 0 amide bonds. The van der Waals surface area contributed by atoms with Gasteiger partial charge in [0.05, 0.1) is 24.1 Å². The van der Waals surface area contributed by atoms with Crippen LogP contribution in [0.15, 0.2) is 18.2 Å². The van der Waals surface area contributed by atoms with Crippen LogP contribution in [0.2, 0.25) is 0 Å². The van der Waals surface area contributed by atoms with E-state index >= 15 is 0 Å². The first-order valence-electron chi connectivity index (χ1n) is 5.50. The Balaban J connectivity index is 3.16. The average Bonchev–Trinajstić information content (AvgIpc) is 2.37. The molecule has 1 rings (SSSR count). The summed E-state index contributed by atoms with van der Waals surface area (Å²) in [4.78, 5) is 22.6. The number of benzene rings is 1. The largest absolute Gasteiger partial charge is 0.497 e. The van der Waals surface area contributed by atoms with Crippen molar-refractivity contribution in [3.8, 4) is 5.75 Å². The van der Waals surface area contributed by atoms with E-state index < -0.39 is 10.8 Å². The third-order valence-corrected chi connectivity index (χ3v) is 3.50. The topological polar surface area (TPSA) is 52.6 Å². The van der Waals surface area contributed by atoms with Crippen LogP contribution in [0, 0.1) is 0 Å². The molecule has 1 unspecified atom stereocenters. The summed E-state index contributed by atoms with van der Waals surface area (Å²) >= 11 is 3.28. The van der Waals surface area contributed by atoms with Crippen molar-refractivity contribution in [1.29, 1.82) is 0 Å². The van der Waals surface area contributed by atoms with E-state index in [1.807, 2.05) is 0 Å². The summed E-state index contributed by atoms with van der Waals surface area (Å²) in [6.45, 7) is 3.51. The minimum atomic E-state index is -0.458. The molecular formula is C13H15BrO4. The number of ketones is 1. The maximum absolute atomic E-state index is 11.7. The molecule has 0 aliphatic heterocycles. The maximum atomic E-state index is 11.7. The molecule has 0 N–H and O–H groups in total. The quantitative estimate of drug-likeness (QED) is 0.619. The Hall–Kier alpha value is -1.36. The van der Waals surface area contributed by atoms with Gasteiger partial charge in [-0.05, 0) is 37.6 Å². The fourth-order valence-corrected chi connectivity index (χ4v) is 1.72.